The molecule has 28 heavy (non-hydrogen) atoms. The van der Waals surface area contributed by atoms with Crippen LogP contribution in [0.3, 0.4) is 0 Å². The Morgan fingerprint density at radius 2 is 1.93 bits per heavy atom. The van der Waals surface area contributed by atoms with Gasteiger partial charge in [-0.15, -0.1) is 0 Å². The number of nitrogens with zero attached hydrogens (tertiary/aromatic N) is 3. The number of rotatable bonds is 3. The first-order chi connectivity index (χ1) is 13.6. The van der Waals surface area contributed by atoms with Gasteiger partial charge in [0.25, 0.3) is 5.56 Å². The number of nitrogen functional groups attached to an aromatic ring is 1. The molecule has 4 aromatic rings. The molecule has 0 aliphatic carbocycles. The number of benzene rings is 2. The van der Waals surface area contributed by atoms with Crippen LogP contribution in [0.4, 0.5) is 5.82 Å². The summed E-state index contributed by atoms with van der Waals surface area (Å²) in [5.74, 6) is 0.348. The van der Waals surface area contributed by atoms with Crippen LogP contribution in [0.2, 0.25) is 0 Å². The number of phenols is 1. The minimum Gasteiger partial charge on any atom is -0.508 e. The number of nitrogens with one attached hydrogen (secondary N) is 1. The van der Waals surface area contributed by atoms with E-state index in [9.17, 15) is 15.2 Å². The number of pyridine rings is 1. The molecule has 0 unspecified atom stereocenters. The zero-order valence-corrected chi connectivity index (χ0v) is 15.1. The summed E-state index contributed by atoms with van der Waals surface area (Å²) in [5.41, 5.74) is 8.62. The Morgan fingerprint density at radius 3 is 2.61 bits per heavy atom. The first-order valence-corrected chi connectivity index (χ1v) is 8.77. The fraction of sp³-hybridized carbons (Fsp3) is 0.0952. The monoisotopic (exact) mass is 371 g/mol. The van der Waals surface area contributed by atoms with Crippen molar-refractivity contribution in [3.05, 3.63) is 70.0 Å². The Balaban J connectivity index is 2.19. The van der Waals surface area contributed by atoms with Crippen molar-refractivity contribution < 1.29 is 5.11 Å². The van der Waals surface area contributed by atoms with Crippen LogP contribution in [0, 0.1) is 11.3 Å². The number of anilines is 1. The van der Waals surface area contributed by atoms with Gasteiger partial charge in [-0.25, -0.2) is 0 Å². The van der Waals surface area contributed by atoms with E-state index >= 15 is 0 Å². The molecule has 0 fully saturated rings. The molecule has 0 amide bonds. The molecule has 2 aromatic heterocycles. The van der Waals surface area contributed by atoms with Crippen molar-refractivity contribution in [1.82, 2.24) is 14.8 Å². The molecular weight excluding hydrogens is 354 g/mol. The van der Waals surface area contributed by atoms with Crippen LogP contribution >= 0.6 is 0 Å². The molecule has 0 radical (unpaired) electrons. The first kappa shape index (κ1) is 17.4. The number of aromatic hydroxyl groups is 1. The fourth-order valence-corrected chi connectivity index (χ4v) is 3.47. The molecule has 0 aliphatic heterocycles. The number of hydrogen-bond acceptors (Lipinski definition) is 5. The van der Waals surface area contributed by atoms with Gasteiger partial charge in [0, 0.05) is 5.56 Å². The summed E-state index contributed by atoms with van der Waals surface area (Å²) in [6, 6.07) is 15.8. The highest BCUT2D eigenvalue weighted by atomic mass is 16.3. The van der Waals surface area contributed by atoms with Gasteiger partial charge in [0.2, 0.25) is 0 Å². The van der Waals surface area contributed by atoms with Crippen LogP contribution in [-0.4, -0.2) is 19.9 Å². The number of phenolic OH excluding ortho intramolecular Hbond substituents is 1. The van der Waals surface area contributed by atoms with Crippen LogP contribution in [0.1, 0.15) is 18.1 Å². The summed E-state index contributed by atoms with van der Waals surface area (Å²) in [6.07, 6.45) is 0.714. The van der Waals surface area contributed by atoms with E-state index in [-0.39, 0.29) is 17.1 Å². The average Bonchev–Trinajstić information content (AvgIpc) is 3.09. The number of H-pyrrole nitrogens is 1. The van der Waals surface area contributed by atoms with Crippen LogP contribution in [0.25, 0.3) is 27.8 Å². The predicted molar refractivity (Wildman–Crippen MR) is 107 cm³/mol. The minimum atomic E-state index is -0.467. The number of aromatic amines is 1. The third-order valence-corrected chi connectivity index (χ3v) is 4.79. The van der Waals surface area contributed by atoms with Crippen molar-refractivity contribution in [3.8, 4) is 28.6 Å². The molecule has 138 valence electrons. The second-order valence-corrected chi connectivity index (χ2v) is 6.37. The number of nitrogens with two attached hydrogens (primary N) is 1. The number of hydrogen-bond donors (Lipinski definition) is 3. The summed E-state index contributed by atoms with van der Waals surface area (Å²) >= 11 is 0. The normalized spacial score (nSPS) is 10.9. The van der Waals surface area contributed by atoms with E-state index in [0.29, 0.717) is 34.3 Å². The van der Waals surface area contributed by atoms with Gasteiger partial charge in [-0.3, -0.25) is 14.5 Å². The minimum absolute atomic E-state index is 0.0304. The van der Waals surface area contributed by atoms with Gasteiger partial charge in [0.05, 0.1) is 11.1 Å². The Bertz CT molecular complexity index is 1290. The Hall–Kier alpha value is -4.05. The Morgan fingerprint density at radius 1 is 1.21 bits per heavy atom. The quantitative estimate of drug-likeness (QED) is 0.511. The second-order valence-electron chi connectivity index (χ2n) is 6.37. The lowest BCUT2D eigenvalue weighted by atomic mass is 9.97. The molecule has 7 nitrogen and oxygen atoms in total. The van der Waals surface area contributed by atoms with E-state index in [1.807, 2.05) is 37.3 Å². The van der Waals surface area contributed by atoms with Gasteiger partial charge >= 0.3 is 0 Å². The van der Waals surface area contributed by atoms with Crippen molar-refractivity contribution in [1.29, 1.82) is 5.26 Å². The number of nitriles is 1. The van der Waals surface area contributed by atoms with Crippen molar-refractivity contribution in [2.24, 2.45) is 0 Å². The van der Waals surface area contributed by atoms with Crippen LogP contribution in [0.15, 0.2) is 53.3 Å². The molecule has 7 heteroatoms. The zero-order chi connectivity index (χ0) is 19.8. The summed E-state index contributed by atoms with van der Waals surface area (Å²) in [5, 5.41) is 26.9. The van der Waals surface area contributed by atoms with E-state index in [1.54, 1.807) is 12.1 Å². The fourth-order valence-electron chi connectivity index (χ4n) is 3.47. The molecule has 0 spiro atoms. The molecule has 4 N–H and O–H groups in total. The third kappa shape index (κ3) is 2.51. The smallest absolute Gasteiger partial charge is 0.275 e. The van der Waals surface area contributed by atoms with Gasteiger partial charge in [-0.2, -0.15) is 10.4 Å². The van der Waals surface area contributed by atoms with E-state index in [0.717, 1.165) is 5.56 Å². The molecule has 0 bridgehead atoms. The maximum absolute atomic E-state index is 13.3. The van der Waals surface area contributed by atoms with Gasteiger partial charge in [0.15, 0.2) is 5.65 Å². The largest absolute Gasteiger partial charge is 0.508 e. The summed E-state index contributed by atoms with van der Waals surface area (Å²) < 4.78 is 1.43. The third-order valence-electron chi connectivity index (χ3n) is 4.79. The number of para-hydroxylation sites is 1. The molecule has 2 heterocycles. The molecule has 0 atom stereocenters. The van der Waals surface area contributed by atoms with Gasteiger partial charge < -0.3 is 10.8 Å². The highest BCUT2D eigenvalue weighted by Crippen LogP contribution is 2.34. The molecule has 0 aliphatic rings. The van der Waals surface area contributed by atoms with Gasteiger partial charge in [0.1, 0.15) is 23.2 Å². The van der Waals surface area contributed by atoms with E-state index in [4.69, 9.17) is 5.73 Å². The number of fused-ring (bicyclic) bond motifs is 1. The van der Waals surface area contributed by atoms with Crippen molar-refractivity contribution in [2.45, 2.75) is 13.3 Å². The summed E-state index contributed by atoms with van der Waals surface area (Å²) in [6.45, 7) is 2.00. The molecule has 0 saturated carbocycles. The predicted octanol–water partition coefficient (Wildman–Crippen LogP) is 3.10. The maximum atomic E-state index is 13.3. The number of aryl methyl sites for hydroxylation is 1. The molecule has 0 saturated heterocycles. The first-order valence-electron chi connectivity index (χ1n) is 8.77. The standard InChI is InChI=1S/C21H17N5O2/c1-2-12-5-3-4-6-16(12)26-20-18(19(23)24-25-20)17(15(11-22)21(26)28)13-7-9-14(27)10-8-13/h3-10,27H,2H2,1H3,(H3,23,24,25). The van der Waals surface area contributed by atoms with Gasteiger partial charge in [-0.1, -0.05) is 37.3 Å². The SMILES string of the molecule is CCc1ccccc1-n1c(=O)c(C#N)c(-c2ccc(O)cc2)c2c(N)[nH]nc21. The van der Waals surface area contributed by atoms with Crippen LogP contribution in [0.5, 0.6) is 5.75 Å². The van der Waals surface area contributed by atoms with Crippen molar-refractivity contribution in [2.75, 3.05) is 5.73 Å². The highest BCUT2D eigenvalue weighted by Gasteiger charge is 2.23. The number of aromatic nitrogens is 3. The lowest BCUT2D eigenvalue weighted by molar-refractivity contribution is 0.475. The second kappa shape index (κ2) is 6.59. The Labute approximate surface area is 160 Å². The molecule has 2 aromatic carbocycles. The zero-order valence-electron chi connectivity index (χ0n) is 15.1. The van der Waals surface area contributed by atoms with Crippen LogP contribution < -0.4 is 11.3 Å². The molecule has 4 rings (SSSR count). The lowest BCUT2D eigenvalue weighted by Crippen LogP contribution is -2.23. The maximum Gasteiger partial charge on any atom is 0.275 e. The van der Waals surface area contributed by atoms with E-state index < -0.39 is 5.56 Å². The average molecular weight is 371 g/mol. The van der Waals surface area contributed by atoms with E-state index in [1.165, 1.54) is 16.7 Å². The highest BCUT2D eigenvalue weighted by molar-refractivity contribution is 6.02. The summed E-state index contributed by atoms with van der Waals surface area (Å²) in [7, 11) is 0. The topological polar surface area (TPSA) is 121 Å². The van der Waals surface area contributed by atoms with Crippen LogP contribution in [-0.2, 0) is 6.42 Å². The lowest BCUT2D eigenvalue weighted by Gasteiger charge is -2.15. The van der Waals surface area contributed by atoms with E-state index in [2.05, 4.69) is 10.2 Å². The molecular formula is C21H17N5O2. The Kier molecular flexibility index (Phi) is 4.09. The van der Waals surface area contributed by atoms with Crippen molar-refractivity contribution >= 4 is 16.9 Å². The van der Waals surface area contributed by atoms with Gasteiger partial charge in [-0.05, 0) is 35.7 Å². The summed E-state index contributed by atoms with van der Waals surface area (Å²) in [4.78, 5) is 13.3. The van der Waals surface area contributed by atoms with Crippen molar-refractivity contribution in [3.63, 3.8) is 0 Å².